The quantitative estimate of drug-likeness (QED) is 0.201. The van der Waals surface area contributed by atoms with Crippen molar-refractivity contribution in [3.63, 3.8) is 0 Å². The molecule has 1 aliphatic heterocycles. The second kappa shape index (κ2) is 10.8. The summed E-state index contributed by atoms with van der Waals surface area (Å²) < 4.78 is 17.1. The number of esters is 1. The van der Waals surface area contributed by atoms with Crippen molar-refractivity contribution in [1.29, 1.82) is 0 Å². The van der Waals surface area contributed by atoms with Crippen LogP contribution in [0.2, 0.25) is 5.02 Å². The second-order valence-corrected chi connectivity index (χ2v) is 9.85. The number of carbonyl (C=O) groups is 2. The summed E-state index contributed by atoms with van der Waals surface area (Å²) in [6.45, 7) is 2.20. The number of methoxy groups -OCH3 is 1. The highest BCUT2D eigenvalue weighted by Gasteiger charge is 2.18. The molecule has 0 aliphatic carbocycles. The molecule has 1 aliphatic rings. The van der Waals surface area contributed by atoms with Gasteiger partial charge in [0.15, 0.2) is 16.7 Å². The third-order valence-electron chi connectivity index (χ3n) is 5.91. The maximum Gasteiger partial charge on any atom is 0.337 e. The predicted molar refractivity (Wildman–Crippen MR) is 145 cm³/mol. The van der Waals surface area contributed by atoms with E-state index in [-0.39, 0.29) is 36.1 Å². The van der Waals surface area contributed by atoms with Crippen molar-refractivity contribution in [2.75, 3.05) is 25.0 Å². The number of fused-ring (bicyclic) bond motifs is 2. The molecule has 0 radical (unpaired) electrons. The highest BCUT2D eigenvalue weighted by atomic mass is 35.5. The summed E-state index contributed by atoms with van der Waals surface area (Å²) in [6.07, 6.45) is 0. The monoisotopic (exact) mass is 551 g/mol. The maximum atomic E-state index is 13.6. The fourth-order valence-corrected chi connectivity index (χ4v) is 4.89. The summed E-state index contributed by atoms with van der Waals surface area (Å²) in [5, 5.41) is 4.01. The molecule has 1 N–H and O–H groups in total. The summed E-state index contributed by atoms with van der Waals surface area (Å²) in [6, 6.07) is 15.3. The molecule has 0 saturated heterocycles. The van der Waals surface area contributed by atoms with Crippen molar-refractivity contribution < 1.29 is 23.8 Å². The summed E-state index contributed by atoms with van der Waals surface area (Å²) in [4.78, 5) is 43.0. The third kappa shape index (κ3) is 5.32. The minimum Gasteiger partial charge on any atom is -0.465 e. The van der Waals surface area contributed by atoms with Gasteiger partial charge in [-0.15, -0.1) is 0 Å². The molecule has 0 bridgehead atoms. The van der Waals surface area contributed by atoms with Crippen LogP contribution in [0.4, 0.5) is 5.69 Å². The number of anilines is 1. The predicted octanol–water partition coefficient (Wildman–Crippen LogP) is 4.65. The van der Waals surface area contributed by atoms with Gasteiger partial charge >= 0.3 is 5.97 Å². The van der Waals surface area contributed by atoms with E-state index in [2.05, 4.69) is 10.3 Å². The van der Waals surface area contributed by atoms with Crippen LogP contribution in [0.25, 0.3) is 10.9 Å². The average Bonchev–Trinajstić information content (AvgIpc) is 3.38. The Hall–Kier alpha value is -4.02. The van der Waals surface area contributed by atoms with Crippen LogP contribution in [0.15, 0.2) is 64.5 Å². The molecule has 2 heterocycles. The van der Waals surface area contributed by atoms with Crippen LogP contribution in [0, 0.1) is 6.92 Å². The number of hydrogen-bond acceptors (Lipinski definition) is 8. The summed E-state index contributed by atoms with van der Waals surface area (Å²) in [5.41, 5.74) is 2.55. The first kappa shape index (κ1) is 25.6. The van der Waals surface area contributed by atoms with Crippen molar-refractivity contribution in [3.05, 3.63) is 86.7 Å². The lowest BCUT2D eigenvalue weighted by Gasteiger charge is -2.14. The fourth-order valence-electron chi connectivity index (χ4n) is 3.91. The van der Waals surface area contributed by atoms with Crippen molar-refractivity contribution in [2.45, 2.75) is 18.6 Å². The van der Waals surface area contributed by atoms with Crippen LogP contribution in [-0.2, 0) is 16.1 Å². The number of benzene rings is 3. The van der Waals surface area contributed by atoms with Gasteiger partial charge in [-0.2, -0.15) is 0 Å². The zero-order chi connectivity index (χ0) is 26.8. The number of nitrogens with one attached hydrogen (secondary N) is 1. The Morgan fingerprint density at radius 3 is 2.71 bits per heavy atom. The number of aryl methyl sites for hydroxylation is 1. The number of halogens is 1. The van der Waals surface area contributed by atoms with Crippen molar-refractivity contribution in [1.82, 2.24) is 9.55 Å². The van der Waals surface area contributed by atoms with Crippen LogP contribution < -0.4 is 20.3 Å². The summed E-state index contributed by atoms with van der Waals surface area (Å²) >= 11 is 7.28. The third-order valence-corrected chi connectivity index (χ3v) is 7.29. The zero-order valence-electron chi connectivity index (χ0n) is 20.4. The normalized spacial score (nSPS) is 12.0. The number of carbonyl (C=O) groups excluding carboxylic acids is 2. The molecule has 1 aromatic heterocycles. The molecule has 38 heavy (non-hydrogen) atoms. The molecule has 0 unspecified atom stereocenters. The number of nitrogens with zero attached hydrogens (tertiary/aromatic N) is 2. The molecule has 3 aromatic carbocycles. The van der Waals surface area contributed by atoms with Gasteiger partial charge in [0.05, 0.1) is 35.9 Å². The van der Waals surface area contributed by atoms with Gasteiger partial charge in [0.1, 0.15) is 0 Å². The number of rotatable bonds is 7. The van der Waals surface area contributed by atoms with Gasteiger partial charge in [-0.1, -0.05) is 35.5 Å². The molecular weight excluding hydrogens is 530 g/mol. The largest absolute Gasteiger partial charge is 0.465 e. The van der Waals surface area contributed by atoms with Crippen LogP contribution in [0.3, 0.4) is 0 Å². The Kier molecular flexibility index (Phi) is 7.26. The highest BCUT2D eigenvalue weighted by Crippen LogP contribution is 2.33. The van der Waals surface area contributed by atoms with E-state index in [1.807, 2.05) is 25.1 Å². The van der Waals surface area contributed by atoms with E-state index in [1.54, 1.807) is 24.3 Å². The Morgan fingerprint density at radius 2 is 1.92 bits per heavy atom. The van der Waals surface area contributed by atoms with Crippen LogP contribution in [-0.4, -0.2) is 41.1 Å². The van der Waals surface area contributed by atoms with Crippen LogP contribution >= 0.6 is 23.4 Å². The van der Waals surface area contributed by atoms with Gasteiger partial charge in [0.2, 0.25) is 12.7 Å². The molecule has 9 nitrogen and oxygen atoms in total. The molecule has 0 atom stereocenters. The minimum absolute atomic E-state index is 0.0126. The van der Waals surface area contributed by atoms with Crippen molar-refractivity contribution in [2.24, 2.45) is 0 Å². The molecule has 11 heteroatoms. The first-order chi connectivity index (χ1) is 18.3. The SMILES string of the molecule is COC(=O)c1ccc2c(=O)n(Cc3ccc4c(c3)OCO4)c(SCC(=O)Nc3ccc(C)c(Cl)c3)nc2c1. The Morgan fingerprint density at radius 1 is 1.11 bits per heavy atom. The number of hydrogen-bond donors (Lipinski definition) is 1. The number of aromatic nitrogens is 2. The van der Waals surface area contributed by atoms with E-state index in [9.17, 15) is 14.4 Å². The van der Waals surface area contributed by atoms with E-state index in [4.69, 9.17) is 25.8 Å². The molecule has 4 aromatic rings. The molecule has 5 rings (SSSR count). The Bertz CT molecular complexity index is 1640. The maximum absolute atomic E-state index is 13.6. The first-order valence-corrected chi connectivity index (χ1v) is 12.9. The molecular formula is C27H22ClN3O6S. The van der Waals surface area contributed by atoms with E-state index in [0.717, 1.165) is 22.9 Å². The van der Waals surface area contributed by atoms with Gasteiger partial charge in [-0.25, -0.2) is 9.78 Å². The first-order valence-electron chi connectivity index (χ1n) is 11.5. The summed E-state index contributed by atoms with van der Waals surface area (Å²) in [5.74, 6) is 0.389. The van der Waals surface area contributed by atoms with E-state index < -0.39 is 5.97 Å². The van der Waals surface area contributed by atoms with Gasteiger partial charge in [0.25, 0.3) is 5.56 Å². The molecule has 1 amide bonds. The Labute approximate surface area is 226 Å². The lowest BCUT2D eigenvalue weighted by molar-refractivity contribution is -0.113. The van der Waals surface area contributed by atoms with Crippen molar-refractivity contribution >= 4 is 51.8 Å². The van der Waals surface area contributed by atoms with Gasteiger partial charge in [0, 0.05) is 10.7 Å². The lowest BCUT2D eigenvalue weighted by Crippen LogP contribution is -2.25. The number of amides is 1. The highest BCUT2D eigenvalue weighted by molar-refractivity contribution is 7.99. The van der Waals surface area contributed by atoms with Crippen molar-refractivity contribution in [3.8, 4) is 11.5 Å². The summed E-state index contributed by atoms with van der Waals surface area (Å²) in [7, 11) is 1.28. The van der Waals surface area contributed by atoms with Crippen LogP contribution in [0.5, 0.6) is 11.5 Å². The molecule has 0 saturated carbocycles. The van der Waals surface area contributed by atoms with E-state index in [0.29, 0.717) is 38.3 Å². The Balaban J connectivity index is 1.47. The fraction of sp³-hybridized carbons (Fsp3) is 0.185. The molecule has 0 spiro atoms. The number of thioether (sulfide) groups is 1. The van der Waals surface area contributed by atoms with Gasteiger partial charge in [-0.3, -0.25) is 14.2 Å². The second-order valence-electron chi connectivity index (χ2n) is 8.50. The molecule has 0 fully saturated rings. The lowest BCUT2D eigenvalue weighted by atomic mass is 10.1. The smallest absolute Gasteiger partial charge is 0.337 e. The van der Waals surface area contributed by atoms with E-state index in [1.165, 1.54) is 23.8 Å². The number of ether oxygens (including phenoxy) is 3. The standard InChI is InChI=1S/C27H22ClN3O6S/c1-15-3-6-18(11-20(15)28)29-24(32)13-38-27-30-21-10-17(26(34)35-2)5-7-19(21)25(33)31(27)12-16-4-8-22-23(9-16)37-14-36-22/h3-11H,12-14H2,1-2H3,(H,29,32). The van der Waals surface area contributed by atoms with Gasteiger partial charge in [-0.05, 0) is 60.5 Å². The van der Waals surface area contributed by atoms with Gasteiger partial charge < -0.3 is 19.5 Å². The van der Waals surface area contributed by atoms with Crippen LogP contribution in [0.1, 0.15) is 21.5 Å². The molecule has 194 valence electrons. The van der Waals surface area contributed by atoms with E-state index >= 15 is 0 Å². The zero-order valence-corrected chi connectivity index (χ0v) is 22.0. The minimum atomic E-state index is -0.538. The topological polar surface area (TPSA) is 109 Å². The average molecular weight is 552 g/mol.